The maximum Gasteiger partial charge on any atom is 0.387 e. The number of nitrogens with zero attached hydrogens (tertiary/aromatic N) is 1. The van der Waals surface area contributed by atoms with Crippen LogP contribution in [0, 0.1) is 18.3 Å². The first-order chi connectivity index (χ1) is 6.56. The van der Waals surface area contributed by atoms with E-state index >= 15 is 0 Å². The lowest BCUT2D eigenvalue weighted by atomic mass is 10.1. The van der Waals surface area contributed by atoms with Gasteiger partial charge in [-0.2, -0.15) is 14.0 Å². The summed E-state index contributed by atoms with van der Waals surface area (Å²) in [4.78, 5) is 0. The monoisotopic (exact) mass is 198 g/mol. The Morgan fingerprint density at radius 1 is 1.50 bits per heavy atom. The molecule has 0 aliphatic heterocycles. The summed E-state index contributed by atoms with van der Waals surface area (Å²) in [5.74, 6) is -0.150. The third kappa shape index (κ3) is 1.91. The van der Waals surface area contributed by atoms with Gasteiger partial charge in [-0.3, -0.25) is 0 Å². The molecule has 0 aromatic heterocycles. The van der Waals surface area contributed by atoms with E-state index in [9.17, 15) is 8.78 Å². The second-order valence-corrected chi connectivity index (χ2v) is 2.67. The van der Waals surface area contributed by atoms with Crippen LogP contribution in [-0.4, -0.2) is 6.61 Å². The molecule has 0 radical (unpaired) electrons. The number of nitriles is 1. The van der Waals surface area contributed by atoms with Crippen molar-refractivity contribution in [3.63, 3.8) is 0 Å². The molecule has 5 heteroatoms. The van der Waals surface area contributed by atoms with Gasteiger partial charge < -0.3 is 10.5 Å². The van der Waals surface area contributed by atoms with Gasteiger partial charge in [0.05, 0.1) is 5.69 Å². The van der Waals surface area contributed by atoms with Crippen molar-refractivity contribution >= 4 is 5.69 Å². The number of alkyl halides is 2. The van der Waals surface area contributed by atoms with Crippen LogP contribution in [0.2, 0.25) is 0 Å². The van der Waals surface area contributed by atoms with E-state index in [2.05, 4.69) is 4.74 Å². The van der Waals surface area contributed by atoms with Crippen molar-refractivity contribution in [1.29, 1.82) is 5.26 Å². The second-order valence-electron chi connectivity index (χ2n) is 2.67. The number of rotatable bonds is 2. The Morgan fingerprint density at radius 3 is 2.64 bits per heavy atom. The molecule has 1 aromatic carbocycles. The van der Waals surface area contributed by atoms with Gasteiger partial charge >= 0.3 is 6.61 Å². The van der Waals surface area contributed by atoms with Crippen LogP contribution in [0.25, 0.3) is 0 Å². The summed E-state index contributed by atoms with van der Waals surface area (Å²) in [6.07, 6.45) is 0. The first kappa shape index (κ1) is 10.3. The Balaban J connectivity index is 3.25. The summed E-state index contributed by atoms with van der Waals surface area (Å²) in [5.41, 5.74) is 5.97. The van der Waals surface area contributed by atoms with E-state index < -0.39 is 6.61 Å². The second kappa shape index (κ2) is 3.92. The van der Waals surface area contributed by atoms with Crippen molar-refractivity contribution in [3.8, 4) is 11.8 Å². The molecule has 0 amide bonds. The van der Waals surface area contributed by atoms with E-state index in [0.29, 0.717) is 5.56 Å². The van der Waals surface area contributed by atoms with Gasteiger partial charge in [-0.25, -0.2) is 0 Å². The first-order valence-corrected chi connectivity index (χ1v) is 3.80. The minimum absolute atomic E-state index is 0.0506. The zero-order valence-electron chi connectivity index (χ0n) is 7.42. The highest BCUT2D eigenvalue weighted by Crippen LogP contribution is 2.28. The van der Waals surface area contributed by atoms with Crippen molar-refractivity contribution in [2.45, 2.75) is 13.5 Å². The van der Waals surface area contributed by atoms with Crippen molar-refractivity contribution in [3.05, 3.63) is 23.3 Å². The lowest BCUT2D eigenvalue weighted by Crippen LogP contribution is -2.06. The summed E-state index contributed by atoms with van der Waals surface area (Å²) in [7, 11) is 0. The zero-order valence-corrected chi connectivity index (χ0v) is 7.42. The number of benzene rings is 1. The summed E-state index contributed by atoms with van der Waals surface area (Å²) >= 11 is 0. The Labute approximate surface area is 79.7 Å². The van der Waals surface area contributed by atoms with E-state index in [-0.39, 0.29) is 17.0 Å². The van der Waals surface area contributed by atoms with Crippen LogP contribution in [-0.2, 0) is 0 Å². The number of hydrogen-bond acceptors (Lipinski definition) is 3. The molecule has 0 saturated heterocycles. The minimum atomic E-state index is -2.96. The van der Waals surface area contributed by atoms with Gasteiger partial charge in [-0.1, -0.05) is 6.07 Å². The molecule has 0 fully saturated rings. The number of aryl methyl sites for hydroxylation is 1. The number of hydrogen-bond donors (Lipinski definition) is 1. The number of nitrogens with two attached hydrogens (primary N) is 1. The van der Waals surface area contributed by atoms with Crippen molar-refractivity contribution in [2.75, 3.05) is 5.73 Å². The Hall–Kier alpha value is -1.83. The molecular formula is C9H8F2N2O. The standard InChI is InChI=1S/C9H8F2N2O/c1-5-2-3-7(13)6(4-12)8(5)14-9(10)11/h2-3,9H,13H2,1H3. The lowest BCUT2D eigenvalue weighted by Gasteiger charge is -2.10. The molecule has 3 nitrogen and oxygen atoms in total. The first-order valence-electron chi connectivity index (χ1n) is 3.80. The molecule has 0 heterocycles. The van der Waals surface area contributed by atoms with E-state index in [1.807, 2.05) is 0 Å². The van der Waals surface area contributed by atoms with Crippen LogP contribution in [0.15, 0.2) is 12.1 Å². The van der Waals surface area contributed by atoms with E-state index in [4.69, 9.17) is 11.0 Å². The topological polar surface area (TPSA) is 59.0 Å². The predicted molar refractivity (Wildman–Crippen MR) is 46.9 cm³/mol. The molecule has 14 heavy (non-hydrogen) atoms. The van der Waals surface area contributed by atoms with E-state index in [1.54, 1.807) is 13.0 Å². The maximum absolute atomic E-state index is 12.0. The fourth-order valence-corrected chi connectivity index (χ4v) is 1.06. The third-order valence-corrected chi connectivity index (χ3v) is 1.71. The van der Waals surface area contributed by atoms with Gasteiger partial charge in [0.25, 0.3) is 0 Å². The SMILES string of the molecule is Cc1ccc(N)c(C#N)c1OC(F)F. The summed E-state index contributed by atoms with van der Waals surface area (Å²) in [5, 5.41) is 8.68. The normalized spacial score (nSPS) is 9.93. The highest BCUT2D eigenvalue weighted by molar-refractivity contribution is 5.63. The summed E-state index contributed by atoms with van der Waals surface area (Å²) in [6.45, 7) is -1.39. The Kier molecular flexibility index (Phi) is 2.87. The van der Waals surface area contributed by atoms with Crippen molar-refractivity contribution < 1.29 is 13.5 Å². The van der Waals surface area contributed by atoms with Gasteiger partial charge in [0.2, 0.25) is 0 Å². The molecule has 2 N–H and O–H groups in total. The van der Waals surface area contributed by atoms with E-state index in [0.717, 1.165) is 0 Å². The van der Waals surface area contributed by atoms with Gasteiger partial charge in [0, 0.05) is 0 Å². The Morgan fingerprint density at radius 2 is 2.14 bits per heavy atom. The summed E-state index contributed by atoms with van der Waals surface area (Å²) in [6, 6.07) is 4.73. The molecule has 0 unspecified atom stereocenters. The number of ether oxygens (including phenoxy) is 1. The van der Waals surface area contributed by atoms with Crippen molar-refractivity contribution in [2.24, 2.45) is 0 Å². The average molecular weight is 198 g/mol. The van der Waals surface area contributed by atoms with Crippen LogP contribution in [0.1, 0.15) is 11.1 Å². The van der Waals surface area contributed by atoms with Crippen LogP contribution in [0.5, 0.6) is 5.75 Å². The molecule has 0 spiro atoms. The van der Waals surface area contributed by atoms with Gasteiger partial charge in [0.15, 0.2) is 0 Å². The van der Waals surface area contributed by atoms with Gasteiger partial charge in [0.1, 0.15) is 17.4 Å². The minimum Gasteiger partial charge on any atom is -0.433 e. The summed E-state index contributed by atoms with van der Waals surface area (Å²) < 4.78 is 28.2. The number of anilines is 1. The molecule has 1 rings (SSSR count). The predicted octanol–water partition coefficient (Wildman–Crippen LogP) is 2.05. The fourth-order valence-electron chi connectivity index (χ4n) is 1.06. The lowest BCUT2D eigenvalue weighted by molar-refractivity contribution is -0.0504. The molecule has 0 aliphatic carbocycles. The van der Waals surface area contributed by atoms with Crippen molar-refractivity contribution in [1.82, 2.24) is 0 Å². The van der Waals surface area contributed by atoms with Gasteiger partial charge in [-0.15, -0.1) is 0 Å². The largest absolute Gasteiger partial charge is 0.433 e. The van der Waals surface area contributed by atoms with Crippen LogP contribution >= 0.6 is 0 Å². The third-order valence-electron chi connectivity index (χ3n) is 1.71. The molecule has 0 aliphatic rings. The molecule has 0 atom stereocenters. The van der Waals surface area contributed by atoms with Gasteiger partial charge in [-0.05, 0) is 18.6 Å². The molecule has 1 aromatic rings. The molecule has 74 valence electrons. The van der Waals surface area contributed by atoms with Crippen LogP contribution in [0.3, 0.4) is 0 Å². The molecule has 0 bridgehead atoms. The average Bonchev–Trinajstić information content (AvgIpc) is 2.11. The fraction of sp³-hybridized carbons (Fsp3) is 0.222. The highest BCUT2D eigenvalue weighted by atomic mass is 19.3. The maximum atomic E-state index is 12.0. The van der Waals surface area contributed by atoms with E-state index in [1.165, 1.54) is 12.1 Å². The number of halogens is 2. The highest BCUT2D eigenvalue weighted by Gasteiger charge is 2.14. The van der Waals surface area contributed by atoms with Crippen LogP contribution in [0.4, 0.5) is 14.5 Å². The quantitative estimate of drug-likeness (QED) is 0.740. The Bertz CT molecular complexity index is 385. The van der Waals surface area contributed by atoms with Crippen LogP contribution < -0.4 is 10.5 Å². The molecule has 0 saturated carbocycles. The zero-order chi connectivity index (χ0) is 10.7. The number of nitrogen functional groups attached to an aromatic ring is 1. The smallest absolute Gasteiger partial charge is 0.387 e. The molecular weight excluding hydrogens is 190 g/mol.